The Morgan fingerprint density at radius 3 is 1.22 bits per heavy atom. The molecule has 2 aromatic rings. The summed E-state index contributed by atoms with van der Waals surface area (Å²) in [5.74, 6) is 0. The van der Waals surface area contributed by atoms with Crippen LogP contribution in [0.1, 0.15) is 0 Å². The summed E-state index contributed by atoms with van der Waals surface area (Å²) in [7, 11) is 0. The number of aromatic nitrogens is 4. The van der Waals surface area contributed by atoms with Gasteiger partial charge in [0.1, 0.15) is 10.3 Å². The van der Waals surface area contributed by atoms with Gasteiger partial charge in [-0.2, -0.15) is 10.2 Å². The maximum Gasteiger partial charge on any atom is 2.00 e. The number of rotatable bonds is 2. The number of nitrogens with one attached hydrogen (secondary N) is 4. The van der Waals surface area contributed by atoms with Crippen LogP contribution >= 0.6 is 22.7 Å². The van der Waals surface area contributed by atoms with Crippen LogP contribution in [0.2, 0.25) is 0 Å². The number of hydrogen-bond donors (Lipinski definition) is 4. The van der Waals surface area contributed by atoms with Crippen molar-refractivity contribution in [1.82, 2.24) is 41.7 Å². The number of anilines is 2. The topological polar surface area (TPSA) is 106 Å². The van der Waals surface area contributed by atoms with Gasteiger partial charge in [0.15, 0.2) is 0 Å². The molecule has 1 aliphatic rings. The average molecular weight is 496 g/mol. The van der Waals surface area contributed by atoms with Gasteiger partial charge in [-0.3, -0.25) is 21.3 Å². The minimum absolute atomic E-state index is 0. The summed E-state index contributed by atoms with van der Waals surface area (Å²) >= 11 is 13.0. The SMILES string of the molecule is [Cu+2].[S-]c1nnc(N2CNCCNCN(c3nnc([S-])s3)CNCCNC2)s1. The molecule has 0 aromatic carbocycles. The largest absolute Gasteiger partial charge is 2.00 e. The van der Waals surface area contributed by atoms with Crippen LogP contribution in [-0.2, 0) is 42.3 Å². The van der Waals surface area contributed by atoms with Crippen LogP contribution in [0.3, 0.4) is 0 Å². The van der Waals surface area contributed by atoms with Crippen molar-refractivity contribution >= 4 is 58.2 Å². The van der Waals surface area contributed by atoms with Gasteiger partial charge in [-0.1, -0.05) is 0 Å². The Morgan fingerprint density at radius 1 is 0.630 bits per heavy atom. The quantitative estimate of drug-likeness (QED) is 0.294. The van der Waals surface area contributed by atoms with E-state index >= 15 is 0 Å². The molecule has 2 aromatic heterocycles. The van der Waals surface area contributed by atoms with E-state index in [2.05, 4.69) is 51.5 Å². The minimum Gasteiger partial charge on any atom is -0.406 e. The summed E-state index contributed by atoms with van der Waals surface area (Å²) in [6.07, 6.45) is 0. The Hall–Kier alpha value is -0.481. The van der Waals surface area contributed by atoms with Gasteiger partial charge in [-0.25, -0.2) is 0 Å². The molecule has 1 aliphatic heterocycles. The standard InChI is InChI=1S/C12H22N10S4.Cu/c23-11-19-17-9(25-11)21-5-13-1-2-14-6-22(8-16-4-3-15-7-21)10-18-20-12(24)26-10;/h13-16H,1-8H2,(H,19,23)(H,20,24);/q;+2/p-2. The van der Waals surface area contributed by atoms with Crippen molar-refractivity contribution in [3.63, 3.8) is 0 Å². The summed E-state index contributed by atoms with van der Waals surface area (Å²) in [5, 5.41) is 31.4. The average Bonchev–Trinajstić information content (AvgIpc) is 3.25. The van der Waals surface area contributed by atoms with Gasteiger partial charge in [0.25, 0.3) is 0 Å². The molecule has 153 valence electrons. The van der Waals surface area contributed by atoms with E-state index in [4.69, 9.17) is 25.3 Å². The Balaban J connectivity index is 0.00000261. The fourth-order valence-electron chi connectivity index (χ4n) is 2.25. The summed E-state index contributed by atoms with van der Waals surface area (Å²) in [4.78, 5) is 4.19. The van der Waals surface area contributed by atoms with E-state index in [0.717, 1.165) is 36.4 Å². The van der Waals surface area contributed by atoms with Crippen LogP contribution in [0, 0.1) is 0 Å². The molecule has 3 rings (SSSR count). The summed E-state index contributed by atoms with van der Waals surface area (Å²) in [5.41, 5.74) is 0. The Kier molecular flexibility index (Phi) is 10.3. The first kappa shape index (κ1) is 22.8. The number of hydrogen-bond acceptors (Lipinski definition) is 14. The van der Waals surface area contributed by atoms with E-state index in [9.17, 15) is 0 Å². The van der Waals surface area contributed by atoms with Gasteiger partial charge in [-0.05, 0) is 8.68 Å². The normalized spacial score (nSPS) is 17.9. The van der Waals surface area contributed by atoms with Crippen LogP contribution < -0.4 is 31.1 Å². The van der Waals surface area contributed by atoms with Gasteiger partial charge < -0.3 is 57.7 Å². The molecular weight excluding hydrogens is 476 g/mol. The van der Waals surface area contributed by atoms with E-state index in [0.29, 0.717) is 35.4 Å². The predicted octanol–water partition coefficient (Wildman–Crippen LogP) is -1.29. The third-order valence-electron chi connectivity index (χ3n) is 3.50. The molecule has 0 atom stereocenters. The summed E-state index contributed by atoms with van der Waals surface area (Å²) in [6.45, 7) is 5.97. The predicted molar refractivity (Wildman–Crippen MR) is 108 cm³/mol. The Bertz CT molecular complexity index is 598. The van der Waals surface area contributed by atoms with Crippen LogP contribution in [0.4, 0.5) is 10.3 Å². The molecule has 1 radical (unpaired) electrons. The second-order valence-electron chi connectivity index (χ2n) is 5.41. The van der Waals surface area contributed by atoms with Crippen molar-refractivity contribution in [3.05, 3.63) is 0 Å². The zero-order valence-electron chi connectivity index (χ0n) is 14.3. The molecule has 0 aliphatic carbocycles. The van der Waals surface area contributed by atoms with Crippen molar-refractivity contribution in [2.45, 2.75) is 8.68 Å². The van der Waals surface area contributed by atoms with Crippen molar-refractivity contribution in [3.8, 4) is 0 Å². The van der Waals surface area contributed by atoms with Gasteiger partial charge in [0, 0.05) is 26.2 Å². The van der Waals surface area contributed by atoms with Gasteiger partial charge in [-0.15, -0.1) is 10.2 Å². The first-order valence-corrected chi connectivity index (χ1v) is 10.5. The summed E-state index contributed by atoms with van der Waals surface area (Å²) in [6, 6.07) is 0. The van der Waals surface area contributed by atoms with Gasteiger partial charge in [0.05, 0.1) is 26.7 Å². The van der Waals surface area contributed by atoms with Crippen molar-refractivity contribution in [1.29, 1.82) is 0 Å². The Labute approximate surface area is 187 Å². The van der Waals surface area contributed by atoms with Crippen LogP contribution in [0.15, 0.2) is 8.68 Å². The molecule has 1 saturated heterocycles. The fourth-order valence-corrected chi connectivity index (χ4v) is 3.94. The third kappa shape index (κ3) is 7.45. The third-order valence-corrected chi connectivity index (χ3v) is 5.72. The molecule has 0 spiro atoms. The van der Waals surface area contributed by atoms with E-state index in [1.165, 1.54) is 22.7 Å². The molecular formula is C12H20CuN10S4. The molecule has 15 heteroatoms. The molecule has 3 heterocycles. The second kappa shape index (κ2) is 12.2. The molecule has 0 unspecified atom stereocenters. The fraction of sp³-hybridized carbons (Fsp3) is 0.667. The van der Waals surface area contributed by atoms with Gasteiger partial charge in [0.2, 0.25) is 0 Å². The molecule has 0 saturated carbocycles. The monoisotopic (exact) mass is 495 g/mol. The van der Waals surface area contributed by atoms with Gasteiger partial charge >= 0.3 is 17.1 Å². The molecule has 0 amide bonds. The smallest absolute Gasteiger partial charge is 0.406 e. The summed E-state index contributed by atoms with van der Waals surface area (Å²) < 4.78 is 1.11. The van der Waals surface area contributed by atoms with E-state index < -0.39 is 0 Å². The Morgan fingerprint density at radius 2 is 0.963 bits per heavy atom. The molecule has 4 N–H and O–H groups in total. The van der Waals surface area contributed by atoms with Crippen LogP contribution in [-0.4, -0.2) is 73.2 Å². The molecule has 27 heavy (non-hydrogen) atoms. The molecule has 0 bridgehead atoms. The zero-order valence-corrected chi connectivity index (χ0v) is 18.5. The zero-order chi connectivity index (χ0) is 18.2. The molecule has 1 fully saturated rings. The van der Waals surface area contributed by atoms with E-state index in [1.807, 2.05) is 0 Å². The molecule has 10 nitrogen and oxygen atoms in total. The first-order valence-electron chi connectivity index (χ1n) is 8.06. The first-order chi connectivity index (χ1) is 12.7. The van der Waals surface area contributed by atoms with Crippen molar-refractivity contribution < 1.29 is 17.1 Å². The van der Waals surface area contributed by atoms with E-state index in [-0.39, 0.29) is 17.1 Å². The van der Waals surface area contributed by atoms with Crippen LogP contribution in [0.25, 0.3) is 0 Å². The van der Waals surface area contributed by atoms with E-state index in [1.54, 1.807) is 0 Å². The van der Waals surface area contributed by atoms with Crippen LogP contribution in [0.5, 0.6) is 0 Å². The van der Waals surface area contributed by atoms with Crippen molar-refractivity contribution in [2.75, 3.05) is 62.7 Å². The van der Waals surface area contributed by atoms with Crippen molar-refractivity contribution in [2.24, 2.45) is 0 Å². The maximum atomic E-state index is 5.07. The second-order valence-corrected chi connectivity index (χ2v) is 8.62. The minimum atomic E-state index is 0. The maximum absolute atomic E-state index is 5.07. The number of nitrogens with zero attached hydrogens (tertiary/aromatic N) is 6.